The zero-order valence-electron chi connectivity index (χ0n) is 18.2. The molecule has 0 aliphatic heterocycles. The Bertz CT molecular complexity index is 645. The summed E-state index contributed by atoms with van der Waals surface area (Å²) in [4.78, 5) is 11.0. The molecule has 0 unspecified atom stereocenters. The maximum Gasteiger partial charge on any atom is 0.320 e. The quantitative estimate of drug-likeness (QED) is 0.505. The summed E-state index contributed by atoms with van der Waals surface area (Å²) in [7, 11) is -1.80. The van der Waals surface area contributed by atoms with Gasteiger partial charge in [-0.2, -0.15) is 0 Å². The van der Waals surface area contributed by atoms with E-state index in [0.29, 0.717) is 13.2 Å². The molecule has 0 saturated carbocycles. The predicted molar refractivity (Wildman–Crippen MR) is 113 cm³/mol. The minimum Gasteiger partial charge on any atom is -0.491 e. The van der Waals surface area contributed by atoms with Gasteiger partial charge in [-0.3, -0.25) is 4.79 Å². The molecule has 0 saturated heterocycles. The van der Waals surface area contributed by atoms with Gasteiger partial charge in [0, 0.05) is 0 Å². The standard InChI is InChI=1S/C21H37NO4Si/c1-20(2,3)16-10-9-15(13-17(22)19(23)24)14-18(16)25-11-12-26-27(7,8)21(4,5)6/h9-10,14,17H,11-13,22H2,1-8H3,(H,23,24)/t17-/m0/s1. The van der Waals surface area contributed by atoms with Crippen LogP contribution in [0.4, 0.5) is 0 Å². The third kappa shape index (κ3) is 6.94. The fourth-order valence-corrected chi connectivity index (χ4v) is 3.47. The van der Waals surface area contributed by atoms with E-state index in [4.69, 9.17) is 20.0 Å². The Hall–Kier alpha value is -1.37. The average Bonchev–Trinajstić information content (AvgIpc) is 2.49. The maximum absolute atomic E-state index is 11.0. The van der Waals surface area contributed by atoms with E-state index < -0.39 is 20.3 Å². The van der Waals surface area contributed by atoms with Gasteiger partial charge in [-0.15, -0.1) is 0 Å². The minimum absolute atomic E-state index is 0.0803. The number of ether oxygens (including phenoxy) is 1. The van der Waals surface area contributed by atoms with E-state index in [1.807, 2.05) is 18.2 Å². The van der Waals surface area contributed by atoms with Crippen molar-refractivity contribution in [3.8, 4) is 5.75 Å². The van der Waals surface area contributed by atoms with Gasteiger partial charge in [-0.05, 0) is 47.2 Å². The second kappa shape index (κ2) is 8.75. The maximum atomic E-state index is 11.0. The molecule has 1 aromatic carbocycles. The van der Waals surface area contributed by atoms with Crippen LogP contribution < -0.4 is 10.5 Å². The number of nitrogens with two attached hydrogens (primary N) is 1. The molecule has 1 atom stereocenters. The Morgan fingerprint density at radius 2 is 1.74 bits per heavy atom. The van der Waals surface area contributed by atoms with E-state index >= 15 is 0 Å². The fourth-order valence-electron chi connectivity index (χ4n) is 2.44. The van der Waals surface area contributed by atoms with Crippen molar-refractivity contribution in [3.63, 3.8) is 0 Å². The SMILES string of the molecule is CC(C)(C)c1ccc(C[C@H](N)C(=O)O)cc1OCCO[Si](C)(C)C(C)(C)C. The van der Waals surface area contributed by atoms with Crippen LogP contribution in [0.1, 0.15) is 52.7 Å². The molecule has 0 radical (unpaired) electrons. The number of carboxylic acid groups (broad SMARTS) is 1. The molecule has 0 fully saturated rings. The molecule has 154 valence electrons. The summed E-state index contributed by atoms with van der Waals surface area (Å²) in [6, 6.07) is 4.94. The normalized spacial score (nSPS) is 14.1. The second-order valence-corrected chi connectivity index (χ2v) is 14.5. The first-order valence-electron chi connectivity index (χ1n) is 9.54. The summed E-state index contributed by atoms with van der Waals surface area (Å²) in [6.45, 7) is 18.5. The van der Waals surface area contributed by atoms with Crippen molar-refractivity contribution in [1.82, 2.24) is 0 Å². The van der Waals surface area contributed by atoms with E-state index in [1.165, 1.54) is 0 Å². The molecule has 3 N–H and O–H groups in total. The van der Waals surface area contributed by atoms with Crippen LogP contribution in [0.2, 0.25) is 18.1 Å². The molecule has 0 bridgehead atoms. The Morgan fingerprint density at radius 3 is 2.22 bits per heavy atom. The van der Waals surface area contributed by atoms with Crippen LogP contribution in [0, 0.1) is 0 Å². The molecule has 1 aromatic rings. The first-order chi connectivity index (χ1) is 12.1. The van der Waals surface area contributed by atoms with Crippen LogP contribution in [0.5, 0.6) is 5.75 Å². The molecule has 0 heterocycles. The first-order valence-corrected chi connectivity index (χ1v) is 12.4. The average molecular weight is 396 g/mol. The van der Waals surface area contributed by atoms with E-state index in [9.17, 15) is 4.79 Å². The molecule has 0 spiro atoms. The molecular weight excluding hydrogens is 358 g/mol. The van der Waals surface area contributed by atoms with Gasteiger partial charge >= 0.3 is 5.97 Å². The third-order valence-corrected chi connectivity index (χ3v) is 9.78. The number of hydrogen-bond donors (Lipinski definition) is 2. The van der Waals surface area contributed by atoms with Crippen molar-refractivity contribution in [3.05, 3.63) is 29.3 Å². The summed E-state index contributed by atoms with van der Waals surface area (Å²) in [5.74, 6) is -0.225. The van der Waals surface area contributed by atoms with E-state index in [1.54, 1.807) is 0 Å². The van der Waals surface area contributed by atoms with Crippen LogP contribution in [-0.4, -0.2) is 38.6 Å². The lowest BCUT2D eigenvalue weighted by atomic mass is 9.85. The zero-order chi connectivity index (χ0) is 21.0. The summed E-state index contributed by atoms with van der Waals surface area (Å²) in [5.41, 5.74) is 7.54. The van der Waals surface area contributed by atoms with Crippen molar-refractivity contribution in [2.75, 3.05) is 13.2 Å². The highest BCUT2D eigenvalue weighted by Crippen LogP contribution is 2.36. The third-order valence-electron chi connectivity index (χ3n) is 5.24. The number of hydrogen-bond acceptors (Lipinski definition) is 4. The van der Waals surface area contributed by atoms with Crippen molar-refractivity contribution in [2.24, 2.45) is 5.73 Å². The zero-order valence-corrected chi connectivity index (χ0v) is 19.2. The lowest BCUT2D eigenvalue weighted by molar-refractivity contribution is -0.138. The monoisotopic (exact) mass is 395 g/mol. The van der Waals surface area contributed by atoms with E-state index in [0.717, 1.165) is 16.9 Å². The Balaban J connectivity index is 2.88. The van der Waals surface area contributed by atoms with Gasteiger partial charge in [0.15, 0.2) is 8.32 Å². The molecule has 6 heteroatoms. The van der Waals surface area contributed by atoms with E-state index in [2.05, 4.69) is 54.6 Å². The van der Waals surface area contributed by atoms with Crippen molar-refractivity contribution < 1.29 is 19.1 Å². The van der Waals surface area contributed by atoms with Gasteiger partial charge in [0.2, 0.25) is 0 Å². The van der Waals surface area contributed by atoms with E-state index in [-0.39, 0.29) is 16.9 Å². The number of benzene rings is 1. The Morgan fingerprint density at radius 1 is 1.15 bits per heavy atom. The molecule has 0 amide bonds. The highest BCUT2D eigenvalue weighted by atomic mass is 28.4. The topological polar surface area (TPSA) is 81.8 Å². The molecular formula is C21H37NO4Si. The van der Waals surface area contributed by atoms with Gasteiger partial charge in [0.05, 0.1) is 6.61 Å². The van der Waals surface area contributed by atoms with Gasteiger partial charge in [-0.1, -0.05) is 53.7 Å². The summed E-state index contributed by atoms with van der Waals surface area (Å²) < 4.78 is 12.2. The van der Waals surface area contributed by atoms with Gasteiger partial charge in [0.1, 0.15) is 18.4 Å². The smallest absolute Gasteiger partial charge is 0.320 e. The highest BCUT2D eigenvalue weighted by molar-refractivity contribution is 6.74. The number of aliphatic carboxylic acids is 1. The van der Waals surface area contributed by atoms with Crippen molar-refractivity contribution >= 4 is 14.3 Å². The van der Waals surface area contributed by atoms with Crippen LogP contribution in [0.3, 0.4) is 0 Å². The largest absolute Gasteiger partial charge is 0.491 e. The lowest BCUT2D eigenvalue weighted by Crippen LogP contribution is -2.41. The fraction of sp³-hybridized carbons (Fsp3) is 0.667. The van der Waals surface area contributed by atoms with Crippen LogP contribution in [0.15, 0.2) is 18.2 Å². The van der Waals surface area contributed by atoms with Crippen LogP contribution in [0.25, 0.3) is 0 Å². The van der Waals surface area contributed by atoms with Crippen molar-refractivity contribution in [2.45, 2.75) is 77.6 Å². The van der Waals surface area contributed by atoms with Crippen LogP contribution >= 0.6 is 0 Å². The second-order valence-electron chi connectivity index (χ2n) is 9.69. The lowest BCUT2D eigenvalue weighted by Gasteiger charge is -2.36. The number of rotatable bonds is 8. The summed E-state index contributed by atoms with van der Waals surface area (Å²) in [6.07, 6.45) is 0.274. The molecule has 1 rings (SSSR count). The predicted octanol–water partition coefficient (Wildman–Crippen LogP) is 4.34. The number of carboxylic acids is 1. The summed E-state index contributed by atoms with van der Waals surface area (Å²) >= 11 is 0. The first kappa shape index (κ1) is 23.7. The molecule has 0 aromatic heterocycles. The highest BCUT2D eigenvalue weighted by Gasteiger charge is 2.37. The van der Waals surface area contributed by atoms with Gasteiger partial charge < -0.3 is 20.0 Å². The number of carbonyl (C=O) groups is 1. The molecule has 27 heavy (non-hydrogen) atoms. The Kier molecular flexibility index (Phi) is 7.67. The van der Waals surface area contributed by atoms with Gasteiger partial charge in [0.25, 0.3) is 0 Å². The molecule has 5 nitrogen and oxygen atoms in total. The Labute approximate surface area is 165 Å². The van der Waals surface area contributed by atoms with Crippen molar-refractivity contribution in [1.29, 1.82) is 0 Å². The van der Waals surface area contributed by atoms with Crippen LogP contribution in [-0.2, 0) is 21.1 Å². The van der Waals surface area contributed by atoms with Gasteiger partial charge in [-0.25, -0.2) is 0 Å². The molecule has 0 aliphatic rings. The minimum atomic E-state index is -1.80. The summed E-state index contributed by atoms with van der Waals surface area (Å²) in [5, 5.41) is 9.21. The molecule has 0 aliphatic carbocycles.